The second-order valence-electron chi connectivity index (χ2n) is 5.97. The summed E-state index contributed by atoms with van der Waals surface area (Å²) in [6.07, 6.45) is 4.36. The van der Waals surface area contributed by atoms with Gasteiger partial charge in [0.05, 0.1) is 13.7 Å². The molecule has 0 amide bonds. The van der Waals surface area contributed by atoms with Crippen molar-refractivity contribution in [2.45, 2.75) is 13.8 Å². The van der Waals surface area contributed by atoms with Gasteiger partial charge >= 0.3 is 11.9 Å². The molecule has 0 atom stereocenters. The van der Waals surface area contributed by atoms with Crippen molar-refractivity contribution in [1.29, 1.82) is 5.26 Å². The van der Waals surface area contributed by atoms with Gasteiger partial charge in [0.25, 0.3) is 0 Å². The molecule has 0 bridgehead atoms. The normalized spacial score (nSPS) is 11.0. The Balaban J connectivity index is 2.15. The van der Waals surface area contributed by atoms with Crippen LogP contribution in [0.5, 0.6) is 11.5 Å². The highest BCUT2D eigenvalue weighted by Gasteiger charge is 2.12. The summed E-state index contributed by atoms with van der Waals surface area (Å²) in [6, 6.07) is 14.2. The van der Waals surface area contributed by atoms with Gasteiger partial charge in [0.1, 0.15) is 11.6 Å². The fourth-order valence-corrected chi connectivity index (χ4v) is 2.35. The SMILES string of the molecule is CCOC(=O)C(C#N)=Cc1ccc(OC(=O)C=Cc2ccc(C)cc2)c(OC)c1. The van der Waals surface area contributed by atoms with Gasteiger partial charge in [-0.3, -0.25) is 0 Å². The van der Waals surface area contributed by atoms with Crippen LogP contribution in [0.4, 0.5) is 0 Å². The Hall–Kier alpha value is -3.85. The standard InChI is InChI=1S/C23H21NO5/c1-4-28-23(26)19(15-24)13-18-9-11-20(21(14-18)27-3)29-22(25)12-10-17-7-5-16(2)6-8-17/h5-14H,4H2,1-3H3. The number of nitriles is 1. The van der Waals surface area contributed by atoms with Gasteiger partial charge in [-0.1, -0.05) is 35.9 Å². The van der Waals surface area contributed by atoms with E-state index >= 15 is 0 Å². The smallest absolute Gasteiger partial charge is 0.348 e. The summed E-state index contributed by atoms with van der Waals surface area (Å²) < 4.78 is 15.4. The van der Waals surface area contributed by atoms with Crippen molar-refractivity contribution in [1.82, 2.24) is 0 Å². The topological polar surface area (TPSA) is 85.6 Å². The predicted octanol–water partition coefficient (Wildman–Crippen LogP) is 4.09. The van der Waals surface area contributed by atoms with Crippen molar-refractivity contribution in [3.05, 3.63) is 70.8 Å². The van der Waals surface area contributed by atoms with Crippen molar-refractivity contribution in [3.8, 4) is 17.6 Å². The molecule has 148 valence electrons. The number of nitrogens with zero attached hydrogens (tertiary/aromatic N) is 1. The molecule has 6 heteroatoms. The number of ether oxygens (including phenoxy) is 3. The van der Waals surface area contributed by atoms with E-state index in [0.29, 0.717) is 5.56 Å². The lowest BCUT2D eigenvalue weighted by molar-refractivity contribution is -0.138. The zero-order valence-electron chi connectivity index (χ0n) is 16.5. The molecule has 2 aromatic carbocycles. The molecule has 0 spiro atoms. The molecule has 6 nitrogen and oxygen atoms in total. The van der Waals surface area contributed by atoms with Gasteiger partial charge in [0, 0.05) is 6.08 Å². The fraction of sp³-hybridized carbons (Fsp3) is 0.174. The van der Waals surface area contributed by atoms with E-state index in [9.17, 15) is 9.59 Å². The maximum Gasteiger partial charge on any atom is 0.348 e. The van der Waals surface area contributed by atoms with Crippen LogP contribution in [0.25, 0.3) is 12.2 Å². The minimum atomic E-state index is -0.703. The highest BCUT2D eigenvalue weighted by atomic mass is 16.6. The first kappa shape index (κ1) is 21.5. The second kappa shape index (κ2) is 10.5. The summed E-state index contributed by atoms with van der Waals surface area (Å²) >= 11 is 0. The summed E-state index contributed by atoms with van der Waals surface area (Å²) in [5, 5.41) is 9.13. The molecule has 0 fully saturated rings. The Morgan fingerprint density at radius 2 is 1.76 bits per heavy atom. The van der Waals surface area contributed by atoms with Gasteiger partial charge < -0.3 is 14.2 Å². The fourth-order valence-electron chi connectivity index (χ4n) is 2.35. The first-order chi connectivity index (χ1) is 14.0. The number of hydrogen-bond donors (Lipinski definition) is 0. The third-order valence-electron chi connectivity index (χ3n) is 3.81. The highest BCUT2D eigenvalue weighted by molar-refractivity contribution is 5.98. The summed E-state index contributed by atoms with van der Waals surface area (Å²) in [5.41, 5.74) is 2.40. The number of hydrogen-bond acceptors (Lipinski definition) is 6. The average molecular weight is 391 g/mol. The van der Waals surface area contributed by atoms with Crippen LogP contribution < -0.4 is 9.47 Å². The quantitative estimate of drug-likeness (QED) is 0.306. The maximum absolute atomic E-state index is 12.1. The lowest BCUT2D eigenvalue weighted by atomic mass is 10.1. The molecule has 0 unspecified atom stereocenters. The van der Waals surface area contributed by atoms with Gasteiger partial charge in [-0.05, 0) is 49.3 Å². The van der Waals surface area contributed by atoms with Gasteiger partial charge in [0.2, 0.25) is 0 Å². The minimum absolute atomic E-state index is 0.139. The molecule has 29 heavy (non-hydrogen) atoms. The van der Waals surface area contributed by atoms with E-state index in [1.165, 1.54) is 25.3 Å². The van der Waals surface area contributed by atoms with Crippen LogP contribution in [0.3, 0.4) is 0 Å². The lowest BCUT2D eigenvalue weighted by Gasteiger charge is -2.09. The molecule has 0 saturated carbocycles. The predicted molar refractivity (Wildman–Crippen MR) is 109 cm³/mol. The second-order valence-corrected chi connectivity index (χ2v) is 5.97. The number of carbonyl (C=O) groups is 2. The van der Waals surface area contributed by atoms with E-state index in [2.05, 4.69) is 0 Å². The zero-order valence-corrected chi connectivity index (χ0v) is 16.5. The lowest BCUT2D eigenvalue weighted by Crippen LogP contribution is -2.06. The maximum atomic E-state index is 12.1. The highest BCUT2D eigenvalue weighted by Crippen LogP contribution is 2.29. The molecule has 2 aromatic rings. The van der Waals surface area contributed by atoms with Gasteiger partial charge in [0.15, 0.2) is 11.5 Å². The Morgan fingerprint density at radius 1 is 1.07 bits per heavy atom. The van der Waals surface area contributed by atoms with Crippen LogP contribution in [0.15, 0.2) is 54.1 Å². The van der Waals surface area contributed by atoms with Crippen molar-refractivity contribution >= 4 is 24.1 Å². The first-order valence-electron chi connectivity index (χ1n) is 8.90. The van der Waals surface area contributed by atoms with Crippen LogP contribution in [0.1, 0.15) is 23.6 Å². The minimum Gasteiger partial charge on any atom is -0.493 e. The van der Waals surface area contributed by atoms with E-state index in [1.807, 2.05) is 31.2 Å². The molecular weight excluding hydrogens is 370 g/mol. The van der Waals surface area contributed by atoms with E-state index in [1.54, 1.807) is 31.2 Å². The number of aryl methyl sites for hydroxylation is 1. The average Bonchev–Trinajstić information content (AvgIpc) is 2.72. The van der Waals surface area contributed by atoms with E-state index in [0.717, 1.165) is 11.1 Å². The molecule has 0 saturated heterocycles. The van der Waals surface area contributed by atoms with E-state index < -0.39 is 11.9 Å². The number of methoxy groups -OCH3 is 1. The third-order valence-corrected chi connectivity index (χ3v) is 3.81. The first-order valence-corrected chi connectivity index (χ1v) is 8.90. The Kier molecular flexibility index (Phi) is 7.75. The van der Waals surface area contributed by atoms with Crippen molar-refractivity contribution in [3.63, 3.8) is 0 Å². The van der Waals surface area contributed by atoms with Crippen LogP contribution in [0.2, 0.25) is 0 Å². The summed E-state index contributed by atoms with van der Waals surface area (Å²) in [6.45, 7) is 3.82. The molecular formula is C23H21NO5. The molecule has 0 aliphatic heterocycles. The molecule has 0 heterocycles. The third kappa shape index (κ3) is 6.36. The Bertz CT molecular complexity index is 981. The molecule has 0 N–H and O–H groups in total. The van der Waals surface area contributed by atoms with Gasteiger partial charge in [-0.15, -0.1) is 0 Å². The number of carbonyl (C=O) groups excluding carboxylic acids is 2. The van der Waals surface area contributed by atoms with Crippen molar-refractivity contribution < 1.29 is 23.8 Å². The van der Waals surface area contributed by atoms with Crippen LogP contribution in [-0.2, 0) is 14.3 Å². The summed E-state index contributed by atoms with van der Waals surface area (Å²) in [5.74, 6) is -0.753. The van der Waals surface area contributed by atoms with Crippen LogP contribution in [0, 0.1) is 18.3 Å². The van der Waals surface area contributed by atoms with Crippen molar-refractivity contribution in [2.24, 2.45) is 0 Å². The molecule has 0 aliphatic carbocycles. The Morgan fingerprint density at radius 3 is 2.38 bits per heavy atom. The van der Waals surface area contributed by atoms with Crippen LogP contribution >= 0.6 is 0 Å². The summed E-state index contributed by atoms with van der Waals surface area (Å²) in [4.78, 5) is 23.8. The Labute approximate surface area is 169 Å². The van der Waals surface area contributed by atoms with Gasteiger partial charge in [-0.25, -0.2) is 9.59 Å². The molecule has 0 aliphatic rings. The number of esters is 2. The molecule has 2 rings (SSSR count). The van der Waals surface area contributed by atoms with Crippen LogP contribution in [-0.4, -0.2) is 25.7 Å². The van der Waals surface area contributed by atoms with Gasteiger partial charge in [-0.2, -0.15) is 5.26 Å². The number of benzene rings is 2. The molecule has 0 radical (unpaired) electrons. The largest absolute Gasteiger partial charge is 0.493 e. The molecule has 0 aromatic heterocycles. The summed E-state index contributed by atoms with van der Waals surface area (Å²) in [7, 11) is 1.43. The monoisotopic (exact) mass is 391 g/mol. The van der Waals surface area contributed by atoms with E-state index in [4.69, 9.17) is 19.5 Å². The van der Waals surface area contributed by atoms with E-state index in [-0.39, 0.29) is 23.7 Å². The zero-order chi connectivity index (χ0) is 21.2. The van der Waals surface area contributed by atoms with Crippen molar-refractivity contribution in [2.75, 3.05) is 13.7 Å². The number of rotatable bonds is 7.